The second-order valence-electron chi connectivity index (χ2n) is 17.6. The Morgan fingerprint density at radius 2 is 0.582 bits per heavy atom. The molecule has 0 aromatic heterocycles. The van der Waals surface area contributed by atoms with Gasteiger partial charge in [-0.25, -0.2) is 4.79 Å². The first-order valence-corrected chi connectivity index (χ1v) is 27.4. The number of hydrogen-bond donors (Lipinski definition) is 0. The quantitative estimate of drug-likeness (QED) is 0.0243. The van der Waals surface area contributed by atoms with Gasteiger partial charge in [-0.1, -0.05) is 127 Å². The first kappa shape index (κ1) is 63.8. The van der Waals surface area contributed by atoms with Gasteiger partial charge in [0.1, 0.15) is 0 Å². The van der Waals surface area contributed by atoms with Crippen LogP contribution in [0.3, 0.4) is 0 Å². The molecule has 0 aliphatic heterocycles. The lowest BCUT2D eigenvalue weighted by atomic mass is 9.94. The SMILES string of the molecule is CCCCCCCC(=O)OCCCCCOC(=O)CC(CC(=O)OCCCCCOC(=O)CCCCCCC)(OC(=O)CCCCCCBr)C(=O)OCCCCCOC(=O)CCCCCCC. The molecule has 67 heavy (non-hydrogen) atoms. The van der Waals surface area contributed by atoms with Gasteiger partial charge in [0.25, 0.3) is 0 Å². The number of hydrogen-bond acceptors (Lipinski definition) is 14. The molecule has 0 N–H and O–H groups in total. The van der Waals surface area contributed by atoms with E-state index in [0.29, 0.717) is 83.5 Å². The fraction of sp³-hybridized carbons (Fsp3) is 0.865. The zero-order chi connectivity index (χ0) is 49.5. The monoisotopic (exact) mass is 1020 g/mol. The molecule has 0 aromatic carbocycles. The number of halogens is 1. The Labute approximate surface area is 412 Å². The highest BCUT2D eigenvalue weighted by Crippen LogP contribution is 2.27. The van der Waals surface area contributed by atoms with Crippen LogP contribution in [0, 0.1) is 0 Å². The molecule has 0 aliphatic rings. The molecule has 390 valence electrons. The summed E-state index contributed by atoms with van der Waals surface area (Å²) in [6.07, 6.45) is 23.1. The van der Waals surface area contributed by atoms with Crippen LogP contribution in [0.1, 0.15) is 239 Å². The van der Waals surface area contributed by atoms with Gasteiger partial charge in [0, 0.05) is 31.0 Å². The van der Waals surface area contributed by atoms with E-state index in [1.165, 1.54) is 0 Å². The summed E-state index contributed by atoms with van der Waals surface area (Å²) in [5.41, 5.74) is -2.33. The van der Waals surface area contributed by atoms with Gasteiger partial charge >= 0.3 is 41.8 Å². The van der Waals surface area contributed by atoms with E-state index < -0.39 is 42.3 Å². The van der Waals surface area contributed by atoms with Gasteiger partial charge < -0.3 is 33.2 Å². The third-order valence-corrected chi connectivity index (χ3v) is 11.7. The molecular weight excluding hydrogens is 928 g/mol. The van der Waals surface area contributed by atoms with Gasteiger partial charge in [0.2, 0.25) is 5.60 Å². The maximum Gasteiger partial charge on any atom is 0.351 e. The summed E-state index contributed by atoms with van der Waals surface area (Å²) in [5, 5.41) is 0.834. The standard InChI is InChI=1S/C52H91BrO14/c1-4-7-10-13-21-32-45(54)61-37-26-18-29-40-64-49(58)43-52(67-48(57)35-24-16-17-25-36-53,51(60)66-42-31-20-28-39-63-47(56)34-23-15-12-9-6-3)44-50(59)65-41-30-19-27-38-62-46(55)33-22-14-11-8-5-2/h4-44H2,1-3H3. The molecule has 15 heteroatoms. The average molecular weight is 1020 g/mol. The lowest BCUT2D eigenvalue weighted by Gasteiger charge is -2.30. The van der Waals surface area contributed by atoms with Crippen molar-refractivity contribution in [3.05, 3.63) is 0 Å². The van der Waals surface area contributed by atoms with E-state index in [4.69, 9.17) is 33.2 Å². The van der Waals surface area contributed by atoms with Crippen LogP contribution in [0.2, 0.25) is 0 Å². The fourth-order valence-corrected chi connectivity index (χ4v) is 7.48. The van der Waals surface area contributed by atoms with Gasteiger partial charge in [-0.05, 0) is 89.9 Å². The van der Waals surface area contributed by atoms with Crippen molar-refractivity contribution in [3.63, 3.8) is 0 Å². The third kappa shape index (κ3) is 40.4. The van der Waals surface area contributed by atoms with Crippen LogP contribution in [0.5, 0.6) is 0 Å². The minimum absolute atomic E-state index is 0.000991. The number of carbonyl (C=O) groups is 7. The highest BCUT2D eigenvalue weighted by atomic mass is 79.9. The number of unbranched alkanes of at least 4 members (excludes halogenated alkanes) is 21. The molecule has 0 saturated heterocycles. The Morgan fingerprint density at radius 3 is 0.910 bits per heavy atom. The number of ether oxygens (including phenoxy) is 7. The Morgan fingerprint density at radius 1 is 0.313 bits per heavy atom. The molecule has 0 fully saturated rings. The molecular formula is C52H91BrO14. The smallest absolute Gasteiger partial charge is 0.351 e. The third-order valence-electron chi connectivity index (χ3n) is 11.2. The largest absolute Gasteiger partial charge is 0.466 e. The molecule has 14 nitrogen and oxygen atoms in total. The summed E-state index contributed by atoms with van der Waals surface area (Å²) < 4.78 is 38.4. The van der Waals surface area contributed by atoms with Crippen LogP contribution in [0.15, 0.2) is 0 Å². The van der Waals surface area contributed by atoms with Crippen LogP contribution in [0.25, 0.3) is 0 Å². The molecule has 0 radical (unpaired) electrons. The summed E-state index contributed by atoms with van der Waals surface area (Å²) in [6.45, 7) is 7.10. The Kier molecular flexibility index (Phi) is 44.3. The van der Waals surface area contributed by atoms with Gasteiger partial charge in [-0.2, -0.15) is 0 Å². The van der Waals surface area contributed by atoms with Crippen LogP contribution in [-0.4, -0.2) is 92.4 Å². The molecule has 0 saturated carbocycles. The lowest BCUT2D eigenvalue weighted by Crippen LogP contribution is -2.48. The minimum Gasteiger partial charge on any atom is -0.466 e. The van der Waals surface area contributed by atoms with E-state index in [-0.39, 0.29) is 64.0 Å². The Balaban J connectivity index is 5.51. The van der Waals surface area contributed by atoms with E-state index in [9.17, 15) is 33.6 Å². The number of esters is 7. The second kappa shape index (κ2) is 46.5. The second-order valence-corrected chi connectivity index (χ2v) is 18.4. The van der Waals surface area contributed by atoms with Gasteiger partial charge in [0.05, 0.1) is 52.5 Å². The van der Waals surface area contributed by atoms with Crippen LogP contribution in [-0.2, 0) is 66.7 Å². The summed E-state index contributed by atoms with van der Waals surface area (Å²) in [7, 11) is 0. The van der Waals surface area contributed by atoms with E-state index in [0.717, 1.165) is 121 Å². The van der Waals surface area contributed by atoms with E-state index in [2.05, 4.69) is 36.7 Å². The zero-order valence-corrected chi connectivity index (χ0v) is 43.7. The molecule has 0 rings (SSSR count). The molecule has 0 heterocycles. The zero-order valence-electron chi connectivity index (χ0n) is 42.1. The molecule has 0 amide bonds. The van der Waals surface area contributed by atoms with Crippen molar-refractivity contribution in [2.45, 2.75) is 245 Å². The molecule has 0 aromatic rings. The molecule has 0 unspecified atom stereocenters. The highest BCUT2D eigenvalue weighted by molar-refractivity contribution is 9.09. The normalized spacial score (nSPS) is 11.2. The van der Waals surface area contributed by atoms with Crippen molar-refractivity contribution in [2.75, 3.05) is 45.0 Å². The van der Waals surface area contributed by atoms with Crippen molar-refractivity contribution in [3.8, 4) is 0 Å². The van der Waals surface area contributed by atoms with E-state index in [1.807, 2.05) is 0 Å². The number of rotatable bonds is 48. The van der Waals surface area contributed by atoms with E-state index in [1.54, 1.807) is 0 Å². The predicted molar refractivity (Wildman–Crippen MR) is 262 cm³/mol. The number of carbonyl (C=O) groups excluding carboxylic acids is 7. The average Bonchev–Trinajstić information content (AvgIpc) is 3.30. The Bertz CT molecular complexity index is 1240. The van der Waals surface area contributed by atoms with Crippen molar-refractivity contribution in [2.24, 2.45) is 0 Å². The van der Waals surface area contributed by atoms with E-state index >= 15 is 0 Å². The first-order valence-electron chi connectivity index (χ1n) is 26.3. The molecule has 0 aliphatic carbocycles. The lowest BCUT2D eigenvalue weighted by molar-refractivity contribution is -0.191. The minimum atomic E-state index is -2.33. The Hall–Kier alpha value is -3.23. The summed E-state index contributed by atoms with van der Waals surface area (Å²) >= 11 is 3.41. The highest BCUT2D eigenvalue weighted by Gasteiger charge is 2.49. The topological polar surface area (TPSA) is 184 Å². The van der Waals surface area contributed by atoms with Crippen molar-refractivity contribution in [1.82, 2.24) is 0 Å². The molecule has 0 atom stereocenters. The molecule has 0 spiro atoms. The maximum atomic E-state index is 14.0. The molecule has 0 bridgehead atoms. The van der Waals surface area contributed by atoms with Gasteiger partial charge in [0.15, 0.2) is 0 Å². The number of alkyl halides is 1. The van der Waals surface area contributed by atoms with Gasteiger partial charge in [-0.3, -0.25) is 28.8 Å². The predicted octanol–water partition coefficient (Wildman–Crippen LogP) is 12.2. The van der Waals surface area contributed by atoms with Crippen LogP contribution < -0.4 is 0 Å². The van der Waals surface area contributed by atoms with Crippen molar-refractivity contribution >= 4 is 57.7 Å². The summed E-state index contributed by atoms with van der Waals surface area (Å²) in [5.74, 6) is -4.19. The fourth-order valence-electron chi connectivity index (χ4n) is 7.08. The first-order chi connectivity index (χ1) is 32.5. The van der Waals surface area contributed by atoms with Crippen molar-refractivity contribution in [1.29, 1.82) is 0 Å². The summed E-state index contributed by atoms with van der Waals surface area (Å²) in [6, 6.07) is 0. The van der Waals surface area contributed by atoms with Crippen molar-refractivity contribution < 1.29 is 66.7 Å². The van der Waals surface area contributed by atoms with Crippen LogP contribution in [0.4, 0.5) is 0 Å². The van der Waals surface area contributed by atoms with Crippen LogP contribution >= 0.6 is 15.9 Å². The maximum absolute atomic E-state index is 14.0. The van der Waals surface area contributed by atoms with Gasteiger partial charge in [-0.15, -0.1) is 0 Å². The summed E-state index contributed by atoms with van der Waals surface area (Å²) in [4.78, 5) is 90.3.